The van der Waals surface area contributed by atoms with Crippen molar-refractivity contribution in [3.05, 3.63) is 59.7 Å². The highest BCUT2D eigenvalue weighted by Crippen LogP contribution is 2.41. The molecular formula is C16H12F3. The zero-order valence-electron chi connectivity index (χ0n) is 10.2. The van der Waals surface area contributed by atoms with Crippen LogP contribution in [0.2, 0.25) is 0 Å². The van der Waals surface area contributed by atoms with E-state index in [9.17, 15) is 13.2 Å². The Hall–Kier alpha value is -1.77. The summed E-state index contributed by atoms with van der Waals surface area (Å²) in [7, 11) is 0. The van der Waals surface area contributed by atoms with Crippen LogP contribution in [0.25, 0.3) is 11.1 Å². The van der Waals surface area contributed by atoms with Gasteiger partial charge in [-0.1, -0.05) is 30.3 Å². The minimum Gasteiger partial charge on any atom is -0.166 e. The second-order valence-corrected chi connectivity index (χ2v) is 4.85. The van der Waals surface area contributed by atoms with Crippen LogP contribution in [-0.2, 0) is 6.18 Å². The summed E-state index contributed by atoms with van der Waals surface area (Å²) in [6, 6.07) is 14.1. The molecule has 0 N–H and O–H groups in total. The Kier molecular flexibility index (Phi) is 2.85. The van der Waals surface area contributed by atoms with Crippen LogP contribution in [0, 0.1) is 6.07 Å². The summed E-state index contributed by atoms with van der Waals surface area (Å²) in [5.41, 5.74) is 1.29. The smallest absolute Gasteiger partial charge is 0.166 e. The first-order valence-corrected chi connectivity index (χ1v) is 6.24. The summed E-state index contributed by atoms with van der Waals surface area (Å²) in [5, 5.41) is 0. The zero-order valence-corrected chi connectivity index (χ0v) is 10.2. The van der Waals surface area contributed by atoms with Gasteiger partial charge in [-0.15, -0.1) is 0 Å². The molecule has 2 aromatic rings. The maximum absolute atomic E-state index is 12.9. The van der Waals surface area contributed by atoms with E-state index in [4.69, 9.17) is 0 Å². The molecule has 0 aliphatic heterocycles. The highest BCUT2D eigenvalue weighted by Gasteiger charge is 2.33. The van der Waals surface area contributed by atoms with Crippen molar-refractivity contribution >= 4 is 0 Å². The van der Waals surface area contributed by atoms with Gasteiger partial charge in [0, 0.05) is 0 Å². The third-order valence-electron chi connectivity index (χ3n) is 3.40. The molecule has 1 saturated carbocycles. The Balaban J connectivity index is 2.01. The van der Waals surface area contributed by atoms with Crippen LogP contribution in [0.15, 0.2) is 42.5 Å². The Morgan fingerprint density at radius 3 is 2.32 bits per heavy atom. The predicted molar refractivity (Wildman–Crippen MR) is 67.7 cm³/mol. The molecule has 3 heteroatoms. The van der Waals surface area contributed by atoms with Gasteiger partial charge in [0.2, 0.25) is 0 Å². The molecule has 0 unspecified atom stereocenters. The molecule has 0 bridgehead atoms. The molecule has 0 aromatic heterocycles. The third kappa shape index (κ3) is 2.50. The maximum atomic E-state index is 12.9. The zero-order chi connectivity index (χ0) is 13.5. The summed E-state index contributed by atoms with van der Waals surface area (Å²) in [6.45, 7) is 0. The first kappa shape index (κ1) is 12.3. The molecule has 19 heavy (non-hydrogen) atoms. The molecule has 3 rings (SSSR count). The van der Waals surface area contributed by atoms with Crippen molar-refractivity contribution in [2.24, 2.45) is 0 Å². The molecule has 1 radical (unpaired) electrons. The molecular weight excluding hydrogens is 249 g/mol. The lowest BCUT2D eigenvalue weighted by atomic mass is 9.97. The molecule has 0 amide bonds. The average molecular weight is 261 g/mol. The van der Waals surface area contributed by atoms with Gasteiger partial charge in [-0.05, 0) is 53.6 Å². The molecule has 0 nitrogen and oxygen atoms in total. The average Bonchev–Trinajstić information content (AvgIpc) is 3.22. The molecule has 97 valence electrons. The van der Waals surface area contributed by atoms with Crippen molar-refractivity contribution in [1.82, 2.24) is 0 Å². The lowest BCUT2D eigenvalue weighted by Gasteiger charge is -2.13. The number of alkyl halides is 3. The van der Waals surface area contributed by atoms with Gasteiger partial charge in [0.1, 0.15) is 0 Å². The van der Waals surface area contributed by atoms with Crippen molar-refractivity contribution < 1.29 is 13.2 Å². The molecule has 0 heterocycles. The van der Waals surface area contributed by atoms with E-state index < -0.39 is 11.7 Å². The lowest BCUT2D eigenvalue weighted by molar-refractivity contribution is -0.137. The second kappa shape index (κ2) is 4.41. The largest absolute Gasteiger partial charge is 0.417 e. The Labute approximate surface area is 109 Å². The SMILES string of the molecule is FC(F)(F)c1ccccc1-c1c[c]c(C2CC2)cc1. The number of benzene rings is 2. The van der Waals surface area contributed by atoms with Crippen LogP contribution in [0.5, 0.6) is 0 Å². The van der Waals surface area contributed by atoms with E-state index in [1.807, 2.05) is 6.07 Å². The van der Waals surface area contributed by atoms with Crippen molar-refractivity contribution in [3.63, 3.8) is 0 Å². The molecule has 1 aliphatic carbocycles. The number of hydrogen-bond acceptors (Lipinski definition) is 0. The molecule has 2 aromatic carbocycles. The Morgan fingerprint density at radius 1 is 1.00 bits per heavy atom. The summed E-state index contributed by atoms with van der Waals surface area (Å²) < 4.78 is 38.8. The predicted octanol–water partition coefficient (Wildman–Crippen LogP) is 5.05. The fraction of sp³-hybridized carbons (Fsp3) is 0.250. The van der Waals surface area contributed by atoms with Crippen LogP contribution in [0.3, 0.4) is 0 Å². The molecule has 1 aliphatic rings. The normalized spacial score (nSPS) is 15.5. The Bertz CT molecular complexity index is 578. The second-order valence-electron chi connectivity index (χ2n) is 4.85. The van der Waals surface area contributed by atoms with Gasteiger partial charge >= 0.3 is 6.18 Å². The van der Waals surface area contributed by atoms with E-state index >= 15 is 0 Å². The van der Waals surface area contributed by atoms with E-state index in [2.05, 4.69) is 6.07 Å². The van der Waals surface area contributed by atoms with Gasteiger partial charge in [0.15, 0.2) is 0 Å². The van der Waals surface area contributed by atoms with Crippen LogP contribution < -0.4 is 0 Å². The Morgan fingerprint density at radius 2 is 1.74 bits per heavy atom. The summed E-state index contributed by atoms with van der Waals surface area (Å²) in [4.78, 5) is 0. The minimum absolute atomic E-state index is 0.216. The van der Waals surface area contributed by atoms with Crippen LogP contribution in [0.1, 0.15) is 29.9 Å². The van der Waals surface area contributed by atoms with E-state index in [0.717, 1.165) is 24.5 Å². The summed E-state index contributed by atoms with van der Waals surface area (Å²) >= 11 is 0. The monoisotopic (exact) mass is 261 g/mol. The van der Waals surface area contributed by atoms with Gasteiger partial charge in [-0.2, -0.15) is 13.2 Å². The standard InChI is InChI=1S/C16H12F3/c17-16(18,19)15-4-2-1-3-14(15)13-9-7-12(8-10-13)11-5-6-11/h1-4,7,9-11H,5-6H2. The quantitative estimate of drug-likeness (QED) is 0.709. The molecule has 1 fully saturated rings. The fourth-order valence-electron chi connectivity index (χ4n) is 2.23. The first-order valence-electron chi connectivity index (χ1n) is 6.24. The highest BCUT2D eigenvalue weighted by atomic mass is 19.4. The van der Waals surface area contributed by atoms with Gasteiger partial charge < -0.3 is 0 Å². The van der Waals surface area contributed by atoms with E-state index in [1.165, 1.54) is 12.1 Å². The van der Waals surface area contributed by atoms with Crippen LogP contribution in [-0.4, -0.2) is 0 Å². The van der Waals surface area contributed by atoms with Crippen LogP contribution >= 0.6 is 0 Å². The summed E-state index contributed by atoms with van der Waals surface area (Å²) in [6.07, 6.45) is -2.00. The first-order chi connectivity index (χ1) is 9.05. The van der Waals surface area contributed by atoms with Crippen LogP contribution in [0.4, 0.5) is 13.2 Å². The molecule has 0 atom stereocenters. The molecule has 0 spiro atoms. The van der Waals surface area contributed by atoms with Crippen molar-refractivity contribution in [2.45, 2.75) is 24.9 Å². The number of rotatable bonds is 2. The van der Waals surface area contributed by atoms with Crippen molar-refractivity contribution in [2.75, 3.05) is 0 Å². The van der Waals surface area contributed by atoms with Gasteiger partial charge in [-0.25, -0.2) is 0 Å². The van der Waals surface area contributed by atoms with Gasteiger partial charge in [-0.3, -0.25) is 0 Å². The van der Waals surface area contributed by atoms with E-state index in [1.54, 1.807) is 18.2 Å². The highest BCUT2D eigenvalue weighted by molar-refractivity contribution is 5.68. The van der Waals surface area contributed by atoms with E-state index in [0.29, 0.717) is 11.5 Å². The van der Waals surface area contributed by atoms with Gasteiger partial charge in [0.05, 0.1) is 5.56 Å². The molecule has 0 saturated heterocycles. The summed E-state index contributed by atoms with van der Waals surface area (Å²) in [5.74, 6) is 0.562. The van der Waals surface area contributed by atoms with E-state index in [-0.39, 0.29) is 5.56 Å². The minimum atomic E-state index is -4.33. The van der Waals surface area contributed by atoms with Crippen molar-refractivity contribution in [1.29, 1.82) is 0 Å². The fourth-order valence-corrected chi connectivity index (χ4v) is 2.23. The van der Waals surface area contributed by atoms with Crippen molar-refractivity contribution in [3.8, 4) is 11.1 Å². The lowest BCUT2D eigenvalue weighted by Crippen LogP contribution is -2.06. The maximum Gasteiger partial charge on any atom is 0.417 e. The topological polar surface area (TPSA) is 0 Å². The number of halogens is 3. The third-order valence-corrected chi connectivity index (χ3v) is 3.40. The van der Waals surface area contributed by atoms with Gasteiger partial charge in [0.25, 0.3) is 0 Å². The number of hydrogen-bond donors (Lipinski definition) is 0.